The molecule has 2 aromatic rings. The molecule has 1 aromatic heterocycles. The van der Waals surface area contributed by atoms with Crippen LogP contribution in [0.1, 0.15) is 25.7 Å². The molecule has 1 heterocycles. The number of rotatable bonds is 8. The van der Waals surface area contributed by atoms with E-state index in [-0.39, 0.29) is 11.5 Å². The molecule has 5 nitrogen and oxygen atoms in total. The summed E-state index contributed by atoms with van der Waals surface area (Å²) in [6, 6.07) is 6.89. The molecule has 6 heteroatoms. The van der Waals surface area contributed by atoms with Crippen LogP contribution < -0.4 is 4.72 Å². The lowest BCUT2D eigenvalue weighted by Gasteiger charge is -2.09. The lowest BCUT2D eigenvalue weighted by Crippen LogP contribution is -2.25. The third-order valence-corrected chi connectivity index (χ3v) is 4.83. The molecule has 114 valence electrons. The van der Waals surface area contributed by atoms with Crippen LogP contribution in [0.15, 0.2) is 41.6 Å². The van der Waals surface area contributed by atoms with E-state index in [1.165, 1.54) is 0 Å². The van der Waals surface area contributed by atoms with Crippen LogP contribution in [0.2, 0.25) is 0 Å². The first kappa shape index (κ1) is 15.9. The number of sulfonamides is 1. The molecule has 0 radical (unpaired) electrons. The van der Waals surface area contributed by atoms with Crippen molar-refractivity contribution >= 4 is 20.8 Å². The van der Waals surface area contributed by atoms with Gasteiger partial charge >= 0.3 is 0 Å². The number of aliphatic hydroxyl groups excluding tert-OH is 1. The number of unbranched alkanes of at least 4 members (excludes halogenated alkanes) is 3. The Morgan fingerprint density at radius 2 is 1.90 bits per heavy atom. The zero-order chi connectivity index (χ0) is 15.1. The maximum Gasteiger partial charge on any atom is 0.241 e. The molecular formula is C15H20N2O3S. The van der Waals surface area contributed by atoms with Crippen LogP contribution in [0.4, 0.5) is 0 Å². The molecule has 21 heavy (non-hydrogen) atoms. The number of hydrogen-bond donors (Lipinski definition) is 2. The molecule has 0 unspecified atom stereocenters. The second-order valence-electron chi connectivity index (χ2n) is 4.89. The number of hydrogen-bond acceptors (Lipinski definition) is 4. The summed E-state index contributed by atoms with van der Waals surface area (Å²) >= 11 is 0. The first-order valence-electron chi connectivity index (χ1n) is 7.08. The van der Waals surface area contributed by atoms with Gasteiger partial charge in [0.05, 0.1) is 4.90 Å². The first-order valence-corrected chi connectivity index (χ1v) is 8.57. The Hall–Kier alpha value is -1.50. The second kappa shape index (κ2) is 7.49. The highest BCUT2D eigenvalue weighted by atomic mass is 32.2. The van der Waals surface area contributed by atoms with Crippen LogP contribution in [-0.4, -0.2) is 31.7 Å². The van der Waals surface area contributed by atoms with Crippen molar-refractivity contribution in [1.82, 2.24) is 9.71 Å². The van der Waals surface area contributed by atoms with Gasteiger partial charge in [0, 0.05) is 36.3 Å². The maximum atomic E-state index is 12.4. The Bertz CT molecular complexity index is 681. The van der Waals surface area contributed by atoms with Crippen molar-refractivity contribution in [3.63, 3.8) is 0 Å². The van der Waals surface area contributed by atoms with Crippen LogP contribution in [0.25, 0.3) is 10.8 Å². The van der Waals surface area contributed by atoms with Gasteiger partial charge in [0.25, 0.3) is 0 Å². The van der Waals surface area contributed by atoms with E-state index in [0.29, 0.717) is 11.9 Å². The highest BCUT2D eigenvalue weighted by Crippen LogP contribution is 2.21. The summed E-state index contributed by atoms with van der Waals surface area (Å²) in [4.78, 5) is 4.29. The minimum absolute atomic E-state index is 0.190. The van der Waals surface area contributed by atoms with Crippen LogP contribution in [-0.2, 0) is 10.0 Å². The van der Waals surface area contributed by atoms with Crippen LogP contribution in [0.3, 0.4) is 0 Å². The highest BCUT2D eigenvalue weighted by molar-refractivity contribution is 7.89. The SMILES string of the molecule is O=S(=O)(NCCCCCCO)c1cccc2cnccc12. The maximum absolute atomic E-state index is 12.4. The van der Waals surface area contributed by atoms with Gasteiger partial charge in [0.2, 0.25) is 10.0 Å². The Balaban J connectivity index is 2.05. The summed E-state index contributed by atoms with van der Waals surface area (Å²) in [5.41, 5.74) is 0. The van der Waals surface area contributed by atoms with Crippen LogP contribution in [0.5, 0.6) is 0 Å². The molecule has 0 aliphatic heterocycles. The molecule has 0 aliphatic carbocycles. The van der Waals surface area contributed by atoms with Gasteiger partial charge in [-0.1, -0.05) is 25.0 Å². The van der Waals surface area contributed by atoms with E-state index in [2.05, 4.69) is 9.71 Å². The molecule has 0 amide bonds. The van der Waals surface area contributed by atoms with E-state index in [1.54, 1.807) is 30.6 Å². The number of nitrogens with one attached hydrogen (secondary N) is 1. The topological polar surface area (TPSA) is 79.3 Å². The first-order chi connectivity index (χ1) is 10.1. The van der Waals surface area contributed by atoms with E-state index in [0.717, 1.165) is 31.1 Å². The molecule has 0 fully saturated rings. The van der Waals surface area contributed by atoms with E-state index in [9.17, 15) is 8.42 Å². The third kappa shape index (κ3) is 4.23. The summed E-state index contributed by atoms with van der Waals surface area (Å²) in [5, 5.41) is 10.2. The molecule has 0 saturated carbocycles. The molecule has 0 saturated heterocycles. The van der Waals surface area contributed by atoms with E-state index in [1.807, 2.05) is 6.07 Å². The van der Waals surface area contributed by atoms with E-state index >= 15 is 0 Å². The Morgan fingerprint density at radius 1 is 1.10 bits per heavy atom. The number of aliphatic hydroxyl groups is 1. The summed E-state index contributed by atoms with van der Waals surface area (Å²) in [5.74, 6) is 0. The number of pyridine rings is 1. The molecule has 0 bridgehead atoms. The summed E-state index contributed by atoms with van der Waals surface area (Å²) in [6.07, 6.45) is 6.61. The molecule has 0 atom stereocenters. The fourth-order valence-electron chi connectivity index (χ4n) is 2.20. The van der Waals surface area contributed by atoms with Gasteiger partial charge in [-0.15, -0.1) is 0 Å². The standard InChI is InChI=1S/C15H20N2O3S/c18-11-4-2-1-3-9-17-21(19,20)15-7-5-6-13-12-16-10-8-14(13)15/h5-8,10,12,17-18H,1-4,9,11H2. The van der Waals surface area contributed by atoms with Gasteiger partial charge in [-0.2, -0.15) is 0 Å². The Morgan fingerprint density at radius 3 is 2.71 bits per heavy atom. The van der Waals surface area contributed by atoms with E-state index in [4.69, 9.17) is 5.11 Å². The largest absolute Gasteiger partial charge is 0.396 e. The summed E-state index contributed by atoms with van der Waals surface area (Å²) in [7, 11) is -3.51. The fraction of sp³-hybridized carbons (Fsp3) is 0.400. The Labute approximate surface area is 125 Å². The molecule has 2 N–H and O–H groups in total. The number of benzene rings is 1. The lowest BCUT2D eigenvalue weighted by molar-refractivity contribution is 0.282. The third-order valence-electron chi connectivity index (χ3n) is 3.31. The highest BCUT2D eigenvalue weighted by Gasteiger charge is 2.16. The van der Waals surface area contributed by atoms with Crippen molar-refractivity contribution in [2.45, 2.75) is 30.6 Å². The second-order valence-corrected chi connectivity index (χ2v) is 6.62. The molecule has 2 rings (SSSR count). The molecule has 0 spiro atoms. The number of aromatic nitrogens is 1. The van der Waals surface area contributed by atoms with Crippen LogP contribution in [0, 0.1) is 0 Å². The molecule has 0 aliphatic rings. The zero-order valence-electron chi connectivity index (χ0n) is 11.8. The van der Waals surface area contributed by atoms with Gasteiger partial charge in [-0.05, 0) is 25.0 Å². The van der Waals surface area contributed by atoms with Crippen molar-refractivity contribution in [3.8, 4) is 0 Å². The average Bonchev–Trinajstić information content (AvgIpc) is 2.50. The van der Waals surface area contributed by atoms with Crippen molar-refractivity contribution in [3.05, 3.63) is 36.7 Å². The number of nitrogens with zero attached hydrogens (tertiary/aromatic N) is 1. The van der Waals surface area contributed by atoms with Crippen molar-refractivity contribution < 1.29 is 13.5 Å². The Kier molecular flexibility index (Phi) is 5.67. The van der Waals surface area contributed by atoms with Crippen molar-refractivity contribution in [2.24, 2.45) is 0 Å². The normalized spacial score (nSPS) is 11.9. The predicted molar refractivity (Wildman–Crippen MR) is 82.5 cm³/mol. The summed E-state index contributed by atoms with van der Waals surface area (Å²) in [6.45, 7) is 0.602. The summed E-state index contributed by atoms with van der Waals surface area (Å²) < 4.78 is 27.4. The lowest BCUT2D eigenvalue weighted by atomic mass is 10.2. The minimum Gasteiger partial charge on any atom is -0.396 e. The fourth-order valence-corrected chi connectivity index (χ4v) is 3.50. The quantitative estimate of drug-likeness (QED) is 0.732. The minimum atomic E-state index is -3.51. The van der Waals surface area contributed by atoms with E-state index < -0.39 is 10.0 Å². The predicted octanol–water partition coefficient (Wildman–Crippen LogP) is 2.07. The smallest absolute Gasteiger partial charge is 0.241 e. The van der Waals surface area contributed by atoms with Crippen molar-refractivity contribution in [1.29, 1.82) is 0 Å². The van der Waals surface area contributed by atoms with Crippen LogP contribution >= 0.6 is 0 Å². The molecule has 1 aromatic carbocycles. The van der Waals surface area contributed by atoms with Gasteiger partial charge in [0.15, 0.2) is 0 Å². The van der Waals surface area contributed by atoms with Gasteiger partial charge in [-0.25, -0.2) is 13.1 Å². The number of fused-ring (bicyclic) bond motifs is 1. The molecular weight excluding hydrogens is 288 g/mol. The van der Waals surface area contributed by atoms with Crippen molar-refractivity contribution in [2.75, 3.05) is 13.2 Å². The van der Waals surface area contributed by atoms with Gasteiger partial charge in [-0.3, -0.25) is 4.98 Å². The average molecular weight is 308 g/mol. The van der Waals surface area contributed by atoms with Gasteiger partial charge < -0.3 is 5.11 Å². The zero-order valence-corrected chi connectivity index (χ0v) is 12.6. The van der Waals surface area contributed by atoms with Gasteiger partial charge in [0.1, 0.15) is 0 Å². The monoisotopic (exact) mass is 308 g/mol.